The third-order valence-corrected chi connectivity index (χ3v) is 5.46. The van der Waals surface area contributed by atoms with E-state index in [4.69, 9.17) is 0 Å². The van der Waals surface area contributed by atoms with Gasteiger partial charge < -0.3 is 0 Å². The van der Waals surface area contributed by atoms with Crippen molar-refractivity contribution in [1.82, 2.24) is 10.2 Å². The Labute approximate surface area is 140 Å². The second-order valence-electron chi connectivity index (χ2n) is 4.25. The number of carbonyl (C=O) groups is 1. The fraction of sp³-hybridized carbons (Fsp3) is 0.182. The van der Waals surface area contributed by atoms with Crippen LogP contribution in [0.4, 0.5) is 18.3 Å². The van der Waals surface area contributed by atoms with Crippen LogP contribution in [0.2, 0.25) is 0 Å². The number of sulfone groups is 1. The SMILES string of the molecule is CS(=O)(=O)c1c(Br)cccc1C(=O)Nc1nnc(C(F)(F)F)s1. The molecule has 1 aromatic carbocycles. The Kier molecular flexibility index (Phi) is 4.78. The number of halogens is 4. The molecule has 0 saturated heterocycles. The summed E-state index contributed by atoms with van der Waals surface area (Å²) in [6.45, 7) is 0. The maximum Gasteiger partial charge on any atom is 0.445 e. The molecule has 1 N–H and O–H groups in total. The molecule has 1 amide bonds. The van der Waals surface area contributed by atoms with E-state index >= 15 is 0 Å². The second kappa shape index (κ2) is 6.17. The Morgan fingerprint density at radius 3 is 2.48 bits per heavy atom. The molecule has 23 heavy (non-hydrogen) atoms. The van der Waals surface area contributed by atoms with Crippen LogP contribution >= 0.6 is 27.3 Å². The van der Waals surface area contributed by atoms with Crippen molar-refractivity contribution in [1.29, 1.82) is 0 Å². The molecule has 0 radical (unpaired) electrons. The van der Waals surface area contributed by atoms with E-state index < -0.39 is 26.9 Å². The average Bonchev–Trinajstić information content (AvgIpc) is 2.85. The minimum Gasteiger partial charge on any atom is -0.296 e. The summed E-state index contributed by atoms with van der Waals surface area (Å²) in [7, 11) is -3.74. The largest absolute Gasteiger partial charge is 0.445 e. The molecule has 0 aliphatic carbocycles. The number of aromatic nitrogens is 2. The minimum absolute atomic E-state index is 0.140. The lowest BCUT2D eigenvalue weighted by Crippen LogP contribution is -2.16. The van der Waals surface area contributed by atoms with E-state index in [-0.39, 0.29) is 31.4 Å². The molecule has 1 heterocycles. The first-order chi connectivity index (χ1) is 10.5. The van der Waals surface area contributed by atoms with Crippen LogP contribution in [0.5, 0.6) is 0 Å². The number of alkyl halides is 3. The normalized spacial score (nSPS) is 12.2. The lowest BCUT2D eigenvalue weighted by atomic mass is 10.2. The van der Waals surface area contributed by atoms with Crippen molar-refractivity contribution in [2.75, 3.05) is 11.6 Å². The van der Waals surface area contributed by atoms with E-state index in [1.54, 1.807) is 0 Å². The fourth-order valence-corrected chi connectivity index (χ4v) is 4.45. The number of rotatable bonds is 3. The Hall–Kier alpha value is -1.53. The van der Waals surface area contributed by atoms with Gasteiger partial charge in [-0.2, -0.15) is 13.2 Å². The second-order valence-corrected chi connectivity index (χ2v) is 8.04. The molecular formula is C11H7BrF3N3O3S2. The smallest absolute Gasteiger partial charge is 0.296 e. The zero-order valence-electron chi connectivity index (χ0n) is 11.2. The molecule has 6 nitrogen and oxygen atoms in total. The van der Waals surface area contributed by atoms with Crippen molar-refractivity contribution in [2.24, 2.45) is 0 Å². The maximum atomic E-state index is 12.4. The zero-order chi connectivity index (χ0) is 17.4. The van der Waals surface area contributed by atoms with Gasteiger partial charge in [0.05, 0.1) is 10.5 Å². The van der Waals surface area contributed by atoms with Crippen molar-refractivity contribution in [3.63, 3.8) is 0 Å². The summed E-state index contributed by atoms with van der Waals surface area (Å²) in [5, 5.41) is 6.65. The van der Waals surface area contributed by atoms with Crippen molar-refractivity contribution in [2.45, 2.75) is 11.1 Å². The van der Waals surface area contributed by atoms with Gasteiger partial charge in [0.15, 0.2) is 9.84 Å². The van der Waals surface area contributed by atoms with Gasteiger partial charge in [0.2, 0.25) is 10.1 Å². The van der Waals surface area contributed by atoms with Gasteiger partial charge in [0.25, 0.3) is 5.91 Å². The van der Waals surface area contributed by atoms with E-state index in [1.165, 1.54) is 18.2 Å². The number of nitrogens with zero attached hydrogens (tertiary/aromatic N) is 2. The minimum atomic E-state index is -4.67. The van der Waals surface area contributed by atoms with Crippen LogP contribution in [-0.2, 0) is 16.0 Å². The molecule has 0 saturated carbocycles. The van der Waals surface area contributed by atoms with Crippen molar-refractivity contribution in [3.8, 4) is 0 Å². The fourth-order valence-electron chi connectivity index (χ4n) is 1.62. The summed E-state index contributed by atoms with van der Waals surface area (Å²) in [4.78, 5) is 11.9. The molecule has 2 rings (SSSR count). The van der Waals surface area contributed by atoms with Gasteiger partial charge in [-0.05, 0) is 28.1 Å². The van der Waals surface area contributed by atoms with Crippen LogP contribution in [0.25, 0.3) is 0 Å². The van der Waals surface area contributed by atoms with Crippen molar-refractivity contribution >= 4 is 48.1 Å². The van der Waals surface area contributed by atoms with Crippen LogP contribution in [0.1, 0.15) is 15.4 Å². The predicted molar refractivity (Wildman–Crippen MR) is 80.1 cm³/mol. The van der Waals surface area contributed by atoms with Gasteiger partial charge in [-0.1, -0.05) is 17.4 Å². The molecule has 0 bridgehead atoms. The van der Waals surface area contributed by atoms with Gasteiger partial charge in [-0.15, -0.1) is 10.2 Å². The molecule has 0 aliphatic rings. The first-order valence-corrected chi connectivity index (χ1v) is 9.21. The summed E-state index contributed by atoms with van der Waals surface area (Å²) < 4.78 is 61.1. The molecular weight excluding hydrogens is 423 g/mol. The molecule has 2 aromatic rings. The monoisotopic (exact) mass is 429 g/mol. The number of amides is 1. The van der Waals surface area contributed by atoms with Crippen LogP contribution in [0.15, 0.2) is 27.6 Å². The van der Waals surface area contributed by atoms with E-state index in [1.807, 2.05) is 0 Å². The number of hydrogen-bond acceptors (Lipinski definition) is 6. The molecule has 0 aliphatic heterocycles. The number of hydrogen-bond donors (Lipinski definition) is 1. The number of carbonyl (C=O) groups excluding carboxylic acids is 1. The summed E-state index contributed by atoms with van der Waals surface area (Å²) in [5.74, 6) is -0.906. The quantitative estimate of drug-likeness (QED) is 0.809. The van der Waals surface area contributed by atoms with Crippen molar-refractivity contribution in [3.05, 3.63) is 33.2 Å². The standard InChI is InChI=1S/C11H7BrF3N3O3S2/c1-23(20,21)7-5(3-2-4-6(7)12)8(19)16-10-18-17-9(22-10)11(13,14)15/h2-4H,1H3,(H,16,18,19). The molecule has 0 fully saturated rings. The molecule has 0 atom stereocenters. The third kappa shape index (κ3) is 4.06. The topological polar surface area (TPSA) is 89.0 Å². The van der Waals surface area contributed by atoms with E-state index in [9.17, 15) is 26.4 Å². The molecule has 124 valence electrons. The first kappa shape index (κ1) is 17.8. The van der Waals surface area contributed by atoms with E-state index in [0.717, 1.165) is 6.26 Å². The molecule has 1 aromatic heterocycles. The average molecular weight is 430 g/mol. The van der Waals surface area contributed by atoms with E-state index in [2.05, 4.69) is 31.4 Å². The summed E-state index contributed by atoms with van der Waals surface area (Å²) in [6.07, 6.45) is -3.76. The van der Waals surface area contributed by atoms with Crippen LogP contribution in [-0.4, -0.2) is 30.8 Å². The lowest BCUT2D eigenvalue weighted by molar-refractivity contribution is -0.138. The zero-order valence-corrected chi connectivity index (χ0v) is 14.4. The Balaban J connectivity index is 2.36. The maximum absolute atomic E-state index is 12.4. The predicted octanol–water partition coefficient (Wildman–Crippen LogP) is 2.98. The molecule has 12 heteroatoms. The Morgan fingerprint density at radius 2 is 1.96 bits per heavy atom. The number of benzene rings is 1. The number of nitrogens with one attached hydrogen (secondary N) is 1. The Morgan fingerprint density at radius 1 is 1.30 bits per heavy atom. The van der Waals surface area contributed by atoms with Crippen LogP contribution < -0.4 is 5.32 Å². The lowest BCUT2D eigenvalue weighted by Gasteiger charge is -2.09. The van der Waals surface area contributed by atoms with Gasteiger partial charge in [-0.3, -0.25) is 10.1 Å². The summed E-state index contributed by atoms with van der Waals surface area (Å²) in [5.41, 5.74) is -0.217. The first-order valence-electron chi connectivity index (χ1n) is 5.71. The van der Waals surface area contributed by atoms with Gasteiger partial charge in [0.1, 0.15) is 0 Å². The van der Waals surface area contributed by atoms with Gasteiger partial charge >= 0.3 is 6.18 Å². The van der Waals surface area contributed by atoms with Crippen LogP contribution in [0, 0.1) is 0 Å². The Bertz CT molecular complexity index is 865. The highest BCUT2D eigenvalue weighted by Crippen LogP contribution is 2.33. The number of anilines is 1. The highest BCUT2D eigenvalue weighted by Gasteiger charge is 2.36. The molecule has 0 spiro atoms. The summed E-state index contributed by atoms with van der Waals surface area (Å²) in [6, 6.07) is 4.09. The summed E-state index contributed by atoms with van der Waals surface area (Å²) >= 11 is 3.17. The van der Waals surface area contributed by atoms with Gasteiger partial charge in [0, 0.05) is 10.7 Å². The highest BCUT2D eigenvalue weighted by molar-refractivity contribution is 9.10. The third-order valence-electron chi connectivity index (χ3n) is 2.47. The van der Waals surface area contributed by atoms with Crippen LogP contribution in [0.3, 0.4) is 0 Å². The highest BCUT2D eigenvalue weighted by atomic mass is 79.9. The molecule has 0 unspecified atom stereocenters. The van der Waals surface area contributed by atoms with Crippen molar-refractivity contribution < 1.29 is 26.4 Å². The van der Waals surface area contributed by atoms with E-state index in [0.29, 0.717) is 0 Å². The van der Waals surface area contributed by atoms with Gasteiger partial charge in [-0.25, -0.2) is 8.42 Å².